The number of aliphatic hydroxyl groups excluding tert-OH is 1. The first kappa shape index (κ1) is 38.3. The van der Waals surface area contributed by atoms with Crippen molar-refractivity contribution >= 4 is 38.1 Å². The normalized spacial score (nSPS) is 20.7. The Bertz CT molecular complexity index is 1880. The maximum Gasteiger partial charge on any atom is 0.168 e. The molecule has 1 aliphatic carbocycles. The quantitative estimate of drug-likeness (QED) is 0.0814. The number of hydrogen-bond acceptors (Lipinski definition) is 11. The summed E-state index contributed by atoms with van der Waals surface area (Å²) in [7, 11) is 8.50. The van der Waals surface area contributed by atoms with E-state index in [1.807, 2.05) is 37.4 Å². The molecule has 0 radical (unpaired) electrons. The molecule has 6 rings (SSSR count). The fourth-order valence-electron chi connectivity index (χ4n) is 7.85. The zero-order valence-electron chi connectivity index (χ0n) is 30.1. The van der Waals surface area contributed by atoms with E-state index in [2.05, 4.69) is 16.7 Å². The highest BCUT2D eigenvalue weighted by atomic mass is 33.1. The number of phenols is 3. The van der Waals surface area contributed by atoms with Crippen molar-refractivity contribution in [2.45, 2.75) is 87.5 Å². The highest BCUT2D eigenvalue weighted by molar-refractivity contribution is 8.76. The minimum atomic E-state index is -0.612. The van der Waals surface area contributed by atoms with Gasteiger partial charge in [-0.3, -0.25) is 10.1 Å². The van der Waals surface area contributed by atoms with Gasteiger partial charge in [0.2, 0.25) is 0 Å². The van der Waals surface area contributed by atoms with Crippen LogP contribution in [-0.2, 0) is 27.2 Å². The Labute approximate surface area is 313 Å². The Morgan fingerprint density at radius 1 is 0.904 bits per heavy atom. The van der Waals surface area contributed by atoms with Crippen molar-refractivity contribution in [2.75, 3.05) is 27.0 Å². The molecule has 52 heavy (non-hydrogen) atoms. The molecular weight excluding hydrogens is 697 g/mol. The Morgan fingerprint density at radius 3 is 2.44 bits per heavy atom. The smallest absolute Gasteiger partial charge is 0.168 e. The van der Waals surface area contributed by atoms with E-state index in [1.54, 1.807) is 52.9 Å². The molecule has 0 bridgehead atoms. The van der Waals surface area contributed by atoms with Gasteiger partial charge < -0.3 is 35.2 Å². The molecule has 2 aliphatic rings. The molecule has 1 aliphatic heterocycles. The molecule has 1 heterocycles. The van der Waals surface area contributed by atoms with Gasteiger partial charge in [0, 0.05) is 35.4 Å². The molecular formula is C41H50N2O7S2. The topological polar surface area (TPSA) is 141 Å². The third-order valence-corrected chi connectivity index (χ3v) is 13.0. The lowest BCUT2D eigenvalue weighted by molar-refractivity contribution is -0.124. The SMILES string of the molecule is CN[C@H](O[C@@H]1CC[C@H](O)CSSCc2c(ccc3ccc(O)cc23)-c2c(ccc(O)c2OC)CCC(=O)C1)c1cc(O)cc(C2(NC)CCCC2)c1. The van der Waals surface area contributed by atoms with Crippen LogP contribution in [0.25, 0.3) is 21.9 Å². The third kappa shape index (κ3) is 8.51. The number of aromatic hydroxyl groups is 3. The standard InChI is InChI=1S/C41H50N2O7S2/c1-42-40(27-18-28(20-32(47)19-27)41(43-2)16-4-5-17-41)50-33-13-12-31(46)23-51-52-24-36-34(14-8-25-6-10-30(45)22-35(25)36)38-26(7-11-29(44)21-33)9-15-37(48)39(38)49-3/h6,8-10,14-15,18-20,22,31,33,40,42-43,45-48H,4-5,7,11-13,16-17,21,23-24H2,1-3H3/t31-,33+,40+/m0/s1. The van der Waals surface area contributed by atoms with E-state index in [1.165, 1.54) is 7.11 Å². The molecule has 6 N–H and O–H groups in total. The lowest BCUT2D eigenvalue weighted by Crippen LogP contribution is -2.37. The maximum atomic E-state index is 13.8. The molecule has 9 nitrogen and oxygen atoms in total. The molecule has 3 atom stereocenters. The van der Waals surface area contributed by atoms with Gasteiger partial charge >= 0.3 is 0 Å². The summed E-state index contributed by atoms with van der Waals surface area (Å²) in [5, 5.41) is 51.9. The summed E-state index contributed by atoms with van der Waals surface area (Å²) in [6.07, 6.45) is 4.30. The number of rotatable bonds is 7. The first-order valence-electron chi connectivity index (χ1n) is 18.1. The zero-order valence-corrected chi connectivity index (χ0v) is 31.7. The molecule has 4 aromatic rings. The van der Waals surface area contributed by atoms with Crippen LogP contribution >= 0.6 is 21.6 Å². The van der Waals surface area contributed by atoms with Gasteiger partial charge in [0.1, 0.15) is 23.5 Å². The number of fused-ring (bicyclic) bond motifs is 5. The molecule has 11 heteroatoms. The monoisotopic (exact) mass is 746 g/mol. The highest BCUT2D eigenvalue weighted by Crippen LogP contribution is 2.46. The van der Waals surface area contributed by atoms with E-state index >= 15 is 0 Å². The predicted octanol–water partition coefficient (Wildman–Crippen LogP) is 7.85. The van der Waals surface area contributed by atoms with Crippen LogP contribution in [0.1, 0.15) is 79.8 Å². The number of ether oxygens (including phenoxy) is 2. The second-order valence-electron chi connectivity index (χ2n) is 13.9. The van der Waals surface area contributed by atoms with Crippen molar-refractivity contribution in [3.63, 3.8) is 0 Å². The van der Waals surface area contributed by atoms with Gasteiger partial charge in [-0.2, -0.15) is 0 Å². The van der Waals surface area contributed by atoms with Crippen molar-refractivity contribution in [3.8, 4) is 34.1 Å². The number of aryl methyl sites for hydroxylation is 1. The van der Waals surface area contributed by atoms with Gasteiger partial charge in [0.05, 0.1) is 19.3 Å². The number of aliphatic hydroxyl groups is 1. The van der Waals surface area contributed by atoms with E-state index in [0.29, 0.717) is 36.5 Å². The van der Waals surface area contributed by atoms with Crippen molar-refractivity contribution in [1.82, 2.24) is 10.6 Å². The van der Waals surface area contributed by atoms with Crippen molar-refractivity contribution in [1.29, 1.82) is 0 Å². The highest BCUT2D eigenvalue weighted by Gasteiger charge is 2.35. The largest absolute Gasteiger partial charge is 0.508 e. The van der Waals surface area contributed by atoms with E-state index in [-0.39, 0.29) is 41.4 Å². The zero-order chi connectivity index (χ0) is 36.8. The summed E-state index contributed by atoms with van der Waals surface area (Å²) in [5.74, 6) is 1.74. The van der Waals surface area contributed by atoms with Gasteiger partial charge in [0.15, 0.2) is 11.5 Å². The van der Waals surface area contributed by atoms with Crippen molar-refractivity contribution in [3.05, 3.63) is 82.9 Å². The number of carbonyl (C=O) groups excluding carboxylic acids is 1. The Morgan fingerprint density at radius 2 is 1.69 bits per heavy atom. The van der Waals surface area contributed by atoms with Crippen LogP contribution in [0.2, 0.25) is 0 Å². The van der Waals surface area contributed by atoms with E-state index in [4.69, 9.17) is 9.47 Å². The van der Waals surface area contributed by atoms with Crippen LogP contribution in [0.5, 0.6) is 23.0 Å². The molecule has 0 saturated heterocycles. The van der Waals surface area contributed by atoms with E-state index in [0.717, 1.165) is 69.8 Å². The minimum Gasteiger partial charge on any atom is -0.508 e. The number of phenolic OH excluding ortho intramolecular Hbond substituents is 3. The van der Waals surface area contributed by atoms with Crippen LogP contribution in [-0.4, -0.2) is 65.4 Å². The Balaban J connectivity index is 1.31. The van der Waals surface area contributed by atoms with Crippen LogP contribution < -0.4 is 15.4 Å². The summed E-state index contributed by atoms with van der Waals surface area (Å²) in [5.41, 5.74) is 5.02. The Hall–Kier alpha value is -3.45. The molecule has 0 spiro atoms. The summed E-state index contributed by atoms with van der Waals surface area (Å²) < 4.78 is 12.4. The van der Waals surface area contributed by atoms with Crippen LogP contribution in [0, 0.1) is 0 Å². The third-order valence-electron chi connectivity index (χ3n) is 10.6. The van der Waals surface area contributed by atoms with Gasteiger partial charge in [-0.15, -0.1) is 0 Å². The molecule has 278 valence electrons. The first-order chi connectivity index (χ1) is 25.1. The second kappa shape index (κ2) is 17.1. The number of benzene rings is 4. The average molecular weight is 747 g/mol. The summed E-state index contributed by atoms with van der Waals surface area (Å²) in [6, 6.07) is 18.4. The summed E-state index contributed by atoms with van der Waals surface area (Å²) in [4.78, 5) is 13.8. The van der Waals surface area contributed by atoms with E-state index in [9.17, 15) is 25.2 Å². The summed E-state index contributed by atoms with van der Waals surface area (Å²) >= 11 is 0. The fraction of sp³-hybridized carbons (Fsp3) is 0.439. The molecule has 0 unspecified atom stereocenters. The number of nitrogens with one attached hydrogen (secondary N) is 2. The molecule has 0 aromatic heterocycles. The van der Waals surface area contributed by atoms with Gasteiger partial charge in [0.25, 0.3) is 0 Å². The maximum absolute atomic E-state index is 13.8. The number of ketones is 1. The molecule has 4 aromatic carbocycles. The minimum absolute atomic E-state index is 0.00401. The van der Waals surface area contributed by atoms with Crippen molar-refractivity contribution in [2.24, 2.45) is 0 Å². The fourth-order valence-corrected chi connectivity index (χ4v) is 10.1. The second-order valence-corrected chi connectivity index (χ2v) is 16.5. The molecule has 1 saturated carbocycles. The molecule has 0 amide bonds. The van der Waals surface area contributed by atoms with Crippen LogP contribution in [0.3, 0.4) is 0 Å². The number of Topliss-reactive ketones (excluding diaryl/α,β-unsaturated/α-hetero) is 1. The van der Waals surface area contributed by atoms with Crippen LogP contribution in [0.4, 0.5) is 0 Å². The lowest BCUT2D eigenvalue weighted by atomic mass is 9.87. The van der Waals surface area contributed by atoms with Crippen LogP contribution in [0.15, 0.2) is 60.7 Å². The Kier molecular flexibility index (Phi) is 12.6. The van der Waals surface area contributed by atoms with Crippen molar-refractivity contribution < 1.29 is 34.7 Å². The number of hydrogen-bond donors (Lipinski definition) is 6. The average Bonchev–Trinajstić information content (AvgIpc) is 3.64. The van der Waals surface area contributed by atoms with E-state index < -0.39 is 18.4 Å². The van der Waals surface area contributed by atoms with Gasteiger partial charge in [-0.25, -0.2) is 0 Å². The molecule has 1 fully saturated rings. The van der Waals surface area contributed by atoms with Gasteiger partial charge in [-0.05, 0) is 121 Å². The number of carbonyl (C=O) groups is 1. The predicted molar refractivity (Wildman–Crippen MR) is 210 cm³/mol. The lowest BCUT2D eigenvalue weighted by Gasteiger charge is -2.31. The number of methoxy groups -OCH3 is 1. The summed E-state index contributed by atoms with van der Waals surface area (Å²) in [6.45, 7) is 0. The van der Waals surface area contributed by atoms with Gasteiger partial charge in [-0.1, -0.05) is 58.7 Å². The first-order valence-corrected chi connectivity index (χ1v) is 20.6.